The highest BCUT2D eigenvalue weighted by atomic mass is 127. The Labute approximate surface area is 200 Å². The smallest absolute Gasteiger partial charge is 0.248 e. The second kappa shape index (κ2) is 12.3. The van der Waals surface area contributed by atoms with Crippen LogP contribution in [0.25, 0.3) is 0 Å². The Morgan fingerprint density at radius 1 is 1.10 bits per heavy atom. The molecule has 8 heteroatoms. The number of carbonyl (C=O) groups excluding carboxylic acids is 2. The first-order valence-corrected chi connectivity index (χ1v) is 10.2. The molecule has 1 aliphatic rings. The summed E-state index contributed by atoms with van der Waals surface area (Å²) in [5.41, 5.74) is 8.02. The summed E-state index contributed by atoms with van der Waals surface area (Å²) in [4.78, 5) is 29.7. The van der Waals surface area contributed by atoms with Gasteiger partial charge in [0.1, 0.15) is 0 Å². The predicted octanol–water partition coefficient (Wildman–Crippen LogP) is 2.16. The second-order valence-corrected chi connectivity index (χ2v) is 7.51. The fourth-order valence-electron chi connectivity index (χ4n) is 3.55. The molecule has 2 aromatic carbocycles. The number of amides is 2. The number of hydrogen-bond donors (Lipinski definition) is 3. The molecule has 0 aliphatic carbocycles. The van der Waals surface area contributed by atoms with Crippen LogP contribution in [-0.2, 0) is 17.8 Å². The van der Waals surface area contributed by atoms with Crippen LogP contribution < -0.4 is 16.4 Å². The van der Waals surface area contributed by atoms with Crippen LogP contribution in [0.2, 0.25) is 0 Å². The number of primary amides is 1. The van der Waals surface area contributed by atoms with Gasteiger partial charge in [-0.1, -0.05) is 42.5 Å². The van der Waals surface area contributed by atoms with Crippen molar-refractivity contribution in [2.75, 3.05) is 26.7 Å². The van der Waals surface area contributed by atoms with Gasteiger partial charge in [0.25, 0.3) is 0 Å². The van der Waals surface area contributed by atoms with Crippen molar-refractivity contribution in [1.29, 1.82) is 0 Å². The molecule has 1 aliphatic heterocycles. The summed E-state index contributed by atoms with van der Waals surface area (Å²) in [5, 5.41) is 6.56. The van der Waals surface area contributed by atoms with E-state index in [1.165, 1.54) is 5.56 Å². The van der Waals surface area contributed by atoms with Gasteiger partial charge in [-0.25, -0.2) is 0 Å². The number of rotatable bonds is 8. The van der Waals surface area contributed by atoms with Crippen molar-refractivity contribution < 1.29 is 9.59 Å². The van der Waals surface area contributed by atoms with E-state index in [0.29, 0.717) is 31.0 Å². The number of nitrogens with two attached hydrogens (primary N) is 1. The Kier molecular flexibility index (Phi) is 9.77. The first kappa shape index (κ1) is 24.6. The van der Waals surface area contributed by atoms with Crippen molar-refractivity contribution in [3.8, 4) is 0 Å². The van der Waals surface area contributed by atoms with Crippen molar-refractivity contribution >= 4 is 41.8 Å². The van der Waals surface area contributed by atoms with Gasteiger partial charge in [-0.3, -0.25) is 14.6 Å². The van der Waals surface area contributed by atoms with Crippen molar-refractivity contribution in [1.82, 2.24) is 15.5 Å². The van der Waals surface area contributed by atoms with Gasteiger partial charge in [-0.05, 0) is 29.7 Å². The van der Waals surface area contributed by atoms with Crippen LogP contribution in [0.4, 0.5) is 0 Å². The summed E-state index contributed by atoms with van der Waals surface area (Å²) in [6.45, 7) is 2.79. The molecule has 0 radical (unpaired) electrons. The second-order valence-electron chi connectivity index (χ2n) is 7.51. The molecule has 1 unspecified atom stereocenters. The molecule has 2 amide bonds. The monoisotopic (exact) mass is 535 g/mol. The SMILES string of the molecule is CN=C(NCc1ccc(C(N)=O)cc1)NCC1CC(=O)N(CCc2ccccc2)C1.I. The molecule has 0 saturated carbocycles. The Bertz CT molecular complexity index is 887. The Morgan fingerprint density at radius 2 is 1.81 bits per heavy atom. The average molecular weight is 535 g/mol. The lowest BCUT2D eigenvalue weighted by molar-refractivity contribution is -0.127. The van der Waals surface area contributed by atoms with E-state index in [2.05, 4.69) is 27.8 Å². The molecule has 7 nitrogen and oxygen atoms in total. The van der Waals surface area contributed by atoms with Crippen LogP contribution in [0.15, 0.2) is 59.6 Å². The molecule has 2 aromatic rings. The van der Waals surface area contributed by atoms with Gasteiger partial charge in [0.15, 0.2) is 5.96 Å². The normalized spacial score (nSPS) is 16.0. The summed E-state index contributed by atoms with van der Waals surface area (Å²) >= 11 is 0. The van der Waals surface area contributed by atoms with Crippen LogP contribution in [0.5, 0.6) is 0 Å². The molecule has 0 aromatic heterocycles. The summed E-state index contributed by atoms with van der Waals surface area (Å²) < 4.78 is 0. The molecular formula is C23H30IN5O2. The molecule has 0 spiro atoms. The van der Waals surface area contributed by atoms with Crippen LogP contribution in [0.3, 0.4) is 0 Å². The van der Waals surface area contributed by atoms with Crippen molar-refractivity contribution in [2.24, 2.45) is 16.6 Å². The molecule has 1 atom stereocenters. The number of nitrogens with zero attached hydrogens (tertiary/aromatic N) is 2. The van der Waals surface area contributed by atoms with Crippen LogP contribution in [0, 0.1) is 5.92 Å². The van der Waals surface area contributed by atoms with Crippen molar-refractivity contribution in [3.05, 3.63) is 71.3 Å². The van der Waals surface area contributed by atoms with E-state index in [9.17, 15) is 9.59 Å². The first-order chi connectivity index (χ1) is 14.5. The molecule has 1 fully saturated rings. The number of benzene rings is 2. The fourth-order valence-corrected chi connectivity index (χ4v) is 3.55. The Morgan fingerprint density at radius 3 is 2.45 bits per heavy atom. The molecular weight excluding hydrogens is 505 g/mol. The molecule has 1 saturated heterocycles. The van der Waals surface area contributed by atoms with Gasteiger partial charge in [-0.2, -0.15) is 0 Å². The summed E-state index contributed by atoms with van der Waals surface area (Å²) in [5.74, 6) is 0.733. The van der Waals surface area contributed by atoms with Crippen molar-refractivity contribution in [3.63, 3.8) is 0 Å². The number of carbonyl (C=O) groups is 2. The van der Waals surface area contributed by atoms with E-state index >= 15 is 0 Å². The van der Waals surface area contributed by atoms with Gasteiger partial charge in [0, 0.05) is 51.1 Å². The van der Waals surface area contributed by atoms with Gasteiger partial charge in [0.05, 0.1) is 0 Å². The Balaban J connectivity index is 0.00000341. The van der Waals surface area contributed by atoms with Gasteiger partial charge in [0.2, 0.25) is 11.8 Å². The standard InChI is InChI=1S/C23H29N5O2.HI/c1-25-23(26-14-18-7-9-20(10-8-18)22(24)30)27-15-19-13-21(29)28(16-19)12-11-17-5-3-2-4-6-17;/h2-10,19H,11-16H2,1H3,(H2,24,30)(H2,25,26,27);1H. The molecule has 3 rings (SSSR count). The highest BCUT2D eigenvalue weighted by molar-refractivity contribution is 14.0. The van der Waals surface area contributed by atoms with Crippen LogP contribution in [-0.4, -0.2) is 49.4 Å². The summed E-state index contributed by atoms with van der Waals surface area (Å²) in [7, 11) is 1.72. The largest absolute Gasteiger partial charge is 0.366 e. The molecule has 31 heavy (non-hydrogen) atoms. The van der Waals surface area contributed by atoms with Gasteiger partial charge < -0.3 is 21.3 Å². The lowest BCUT2D eigenvalue weighted by atomic mass is 10.1. The number of guanidine groups is 1. The summed E-state index contributed by atoms with van der Waals surface area (Å²) in [6.07, 6.45) is 1.44. The van der Waals surface area contributed by atoms with E-state index in [1.807, 2.05) is 35.2 Å². The van der Waals surface area contributed by atoms with E-state index in [-0.39, 0.29) is 35.8 Å². The zero-order valence-corrected chi connectivity index (χ0v) is 20.0. The molecule has 166 valence electrons. The minimum atomic E-state index is -0.434. The van der Waals surface area contributed by atoms with Gasteiger partial charge >= 0.3 is 0 Å². The number of nitrogens with one attached hydrogen (secondary N) is 2. The topological polar surface area (TPSA) is 99.8 Å². The average Bonchev–Trinajstić information content (AvgIpc) is 3.13. The zero-order valence-electron chi connectivity index (χ0n) is 17.7. The molecule has 1 heterocycles. The maximum Gasteiger partial charge on any atom is 0.248 e. The van der Waals surface area contributed by atoms with E-state index in [0.717, 1.165) is 25.1 Å². The lowest BCUT2D eigenvalue weighted by Crippen LogP contribution is -2.40. The number of hydrogen-bond acceptors (Lipinski definition) is 3. The van der Waals surface area contributed by atoms with Crippen LogP contribution >= 0.6 is 24.0 Å². The van der Waals surface area contributed by atoms with E-state index < -0.39 is 5.91 Å². The van der Waals surface area contributed by atoms with E-state index in [4.69, 9.17) is 5.73 Å². The number of likely N-dealkylation sites (tertiary alicyclic amines) is 1. The fraction of sp³-hybridized carbons (Fsp3) is 0.348. The maximum atomic E-state index is 12.3. The minimum absolute atomic E-state index is 0. The maximum absolute atomic E-state index is 12.3. The lowest BCUT2D eigenvalue weighted by Gasteiger charge is -2.18. The molecule has 0 bridgehead atoms. The summed E-state index contributed by atoms with van der Waals surface area (Å²) in [6, 6.07) is 17.4. The highest BCUT2D eigenvalue weighted by Gasteiger charge is 2.29. The minimum Gasteiger partial charge on any atom is -0.366 e. The molecule has 4 N–H and O–H groups in total. The van der Waals surface area contributed by atoms with E-state index in [1.54, 1.807) is 19.2 Å². The third kappa shape index (κ3) is 7.54. The first-order valence-electron chi connectivity index (χ1n) is 10.2. The quantitative estimate of drug-likeness (QED) is 0.274. The van der Waals surface area contributed by atoms with Crippen LogP contribution in [0.1, 0.15) is 27.9 Å². The highest BCUT2D eigenvalue weighted by Crippen LogP contribution is 2.17. The zero-order chi connectivity index (χ0) is 21.3. The van der Waals surface area contributed by atoms with Crippen molar-refractivity contribution in [2.45, 2.75) is 19.4 Å². The third-order valence-corrected chi connectivity index (χ3v) is 5.29. The third-order valence-electron chi connectivity index (χ3n) is 5.29. The Hall–Kier alpha value is -2.62. The number of aliphatic imine (C=N–C) groups is 1. The number of halogens is 1. The van der Waals surface area contributed by atoms with Gasteiger partial charge in [-0.15, -0.1) is 24.0 Å². The predicted molar refractivity (Wildman–Crippen MR) is 133 cm³/mol.